The summed E-state index contributed by atoms with van der Waals surface area (Å²) in [4.78, 5) is 4.14. The fourth-order valence-electron chi connectivity index (χ4n) is 1.96. The number of anilines is 1. The molecule has 0 radical (unpaired) electrons. The number of nitriles is 1. The molecule has 2 aromatic rings. The van der Waals surface area contributed by atoms with E-state index in [0.29, 0.717) is 37.0 Å². The van der Waals surface area contributed by atoms with E-state index in [-0.39, 0.29) is 27.5 Å². The summed E-state index contributed by atoms with van der Waals surface area (Å²) >= 11 is 18.2. The van der Waals surface area contributed by atoms with Crippen LogP contribution in [0.1, 0.15) is 12.1 Å². The van der Waals surface area contributed by atoms with Crippen molar-refractivity contribution >= 4 is 40.7 Å². The maximum Gasteiger partial charge on any atom is 0.232 e. The van der Waals surface area contributed by atoms with E-state index in [4.69, 9.17) is 48.7 Å². The lowest BCUT2D eigenvalue weighted by Crippen LogP contribution is -2.08. The van der Waals surface area contributed by atoms with Crippen LogP contribution < -0.4 is 5.32 Å². The number of halogens is 3. The van der Waals surface area contributed by atoms with Crippen molar-refractivity contribution in [2.24, 2.45) is 0 Å². The number of benzene rings is 1. The minimum Gasteiger partial charge on any atom is -0.419 e. The van der Waals surface area contributed by atoms with Gasteiger partial charge in [-0.3, -0.25) is 0 Å². The molecule has 1 aromatic carbocycles. The van der Waals surface area contributed by atoms with Crippen molar-refractivity contribution in [3.05, 3.63) is 32.9 Å². The Kier molecular flexibility index (Phi) is 7.82. The molecule has 1 aromatic heterocycles. The minimum absolute atomic E-state index is 0.127. The molecule has 25 heavy (non-hydrogen) atoms. The highest BCUT2D eigenvalue weighted by Gasteiger charge is 2.18. The van der Waals surface area contributed by atoms with Gasteiger partial charge in [0.05, 0.1) is 28.8 Å². The second-order valence-corrected chi connectivity index (χ2v) is 6.16. The predicted molar refractivity (Wildman–Crippen MR) is 97.5 cm³/mol. The molecule has 0 aliphatic carbocycles. The van der Waals surface area contributed by atoms with E-state index >= 15 is 0 Å². The second-order valence-electron chi connectivity index (χ2n) is 4.94. The third-order valence-corrected chi connectivity index (χ3v) is 4.16. The standard InChI is InChI=1S/C16H16Cl3N3O3/c1-23-5-6-24-4-2-3-21-16-13(9-20)22-15(25-16)11-7-10(17)8-12(18)14(11)19/h7-8,21H,2-6H2,1H3. The van der Waals surface area contributed by atoms with Crippen LogP contribution in [0.5, 0.6) is 0 Å². The molecule has 0 spiro atoms. The van der Waals surface area contributed by atoms with Gasteiger partial charge >= 0.3 is 0 Å². The monoisotopic (exact) mass is 403 g/mol. The van der Waals surface area contributed by atoms with Crippen LogP contribution in [0.4, 0.5) is 5.88 Å². The molecule has 6 nitrogen and oxygen atoms in total. The molecule has 0 aliphatic heterocycles. The van der Waals surface area contributed by atoms with E-state index in [2.05, 4.69) is 10.3 Å². The van der Waals surface area contributed by atoms with Gasteiger partial charge in [0.15, 0.2) is 0 Å². The van der Waals surface area contributed by atoms with Crippen LogP contribution in [0.15, 0.2) is 16.5 Å². The quantitative estimate of drug-likeness (QED) is 0.484. The van der Waals surface area contributed by atoms with Crippen molar-refractivity contribution in [3.8, 4) is 17.5 Å². The van der Waals surface area contributed by atoms with E-state index in [1.807, 2.05) is 6.07 Å². The first-order chi connectivity index (χ1) is 12.1. The highest BCUT2D eigenvalue weighted by molar-refractivity contribution is 6.44. The van der Waals surface area contributed by atoms with Crippen molar-refractivity contribution < 1.29 is 13.9 Å². The Labute approximate surface area is 160 Å². The van der Waals surface area contributed by atoms with Crippen LogP contribution in [-0.2, 0) is 9.47 Å². The van der Waals surface area contributed by atoms with Crippen LogP contribution in [0.2, 0.25) is 15.1 Å². The van der Waals surface area contributed by atoms with Crippen LogP contribution in [0.3, 0.4) is 0 Å². The number of aromatic nitrogens is 1. The Morgan fingerprint density at radius 2 is 2.04 bits per heavy atom. The summed E-state index contributed by atoms with van der Waals surface area (Å²) < 4.78 is 15.9. The van der Waals surface area contributed by atoms with Gasteiger partial charge in [0.1, 0.15) is 6.07 Å². The number of hydrogen-bond donors (Lipinski definition) is 1. The maximum absolute atomic E-state index is 9.22. The number of ether oxygens (including phenoxy) is 2. The Balaban J connectivity index is 2.04. The first-order valence-corrected chi connectivity index (χ1v) is 8.56. The number of hydrogen-bond acceptors (Lipinski definition) is 6. The van der Waals surface area contributed by atoms with Crippen molar-refractivity contribution in [2.45, 2.75) is 6.42 Å². The summed E-state index contributed by atoms with van der Waals surface area (Å²) in [5.74, 6) is 0.436. The molecule has 9 heteroatoms. The maximum atomic E-state index is 9.22. The van der Waals surface area contributed by atoms with Gasteiger partial charge in [-0.15, -0.1) is 0 Å². The van der Waals surface area contributed by atoms with Crippen molar-refractivity contribution in [1.29, 1.82) is 5.26 Å². The molecule has 1 N–H and O–H groups in total. The average molecular weight is 405 g/mol. The lowest BCUT2D eigenvalue weighted by molar-refractivity contribution is 0.0705. The minimum atomic E-state index is 0.127. The Morgan fingerprint density at radius 1 is 1.24 bits per heavy atom. The molecule has 0 amide bonds. The Morgan fingerprint density at radius 3 is 2.76 bits per heavy atom. The molecule has 1 heterocycles. The largest absolute Gasteiger partial charge is 0.419 e. The molecule has 0 bridgehead atoms. The lowest BCUT2D eigenvalue weighted by atomic mass is 10.2. The molecule has 0 unspecified atom stereocenters. The van der Waals surface area contributed by atoms with Crippen LogP contribution in [-0.4, -0.2) is 38.5 Å². The first-order valence-electron chi connectivity index (χ1n) is 7.43. The Bertz CT molecular complexity index is 759. The van der Waals surface area contributed by atoms with E-state index < -0.39 is 0 Å². The molecule has 0 saturated heterocycles. The molecule has 0 saturated carbocycles. The van der Waals surface area contributed by atoms with Gasteiger partial charge in [-0.25, -0.2) is 0 Å². The first kappa shape index (κ1) is 19.8. The molecular weight excluding hydrogens is 389 g/mol. The fourth-order valence-corrected chi connectivity index (χ4v) is 2.65. The highest BCUT2D eigenvalue weighted by atomic mass is 35.5. The zero-order valence-electron chi connectivity index (χ0n) is 13.4. The summed E-state index contributed by atoms with van der Waals surface area (Å²) in [6, 6.07) is 5.08. The van der Waals surface area contributed by atoms with Crippen LogP contribution in [0.25, 0.3) is 11.5 Å². The van der Waals surface area contributed by atoms with Gasteiger partial charge in [0.25, 0.3) is 0 Å². The predicted octanol–water partition coefficient (Wildman–Crippen LogP) is 4.64. The van der Waals surface area contributed by atoms with E-state index in [9.17, 15) is 5.26 Å². The number of nitrogens with zero attached hydrogens (tertiary/aromatic N) is 2. The van der Waals surface area contributed by atoms with Crippen molar-refractivity contribution in [1.82, 2.24) is 4.98 Å². The SMILES string of the molecule is COCCOCCCNc1oc(-c2cc(Cl)cc(Cl)c2Cl)nc1C#N. The summed E-state index contributed by atoms with van der Waals surface area (Å²) in [5, 5.41) is 13.2. The third kappa shape index (κ3) is 5.50. The average Bonchev–Trinajstić information content (AvgIpc) is 3.00. The number of nitrogens with one attached hydrogen (secondary N) is 1. The molecule has 0 fully saturated rings. The molecular formula is C16H16Cl3N3O3. The number of rotatable bonds is 9. The third-order valence-electron chi connectivity index (χ3n) is 3.14. The zero-order chi connectivity index (χ0) is 18.2. The van der Waals surface area contributed by atoms with E-state index in [0.717, 1.165) is 6.42 Å². The normalized spacial score (nSPS) is 10.7. The van der Waals surface area contributed by atoms with E-state index in [1.54, 1.807) is 13.2 Å². The molecule has 0 aliphatic rings. The topological polar surface area (TPSA) is 80.3 Å². The summed E-state index contributed by atoms with van der Waals surface area (Å²) in [7, 11) is 1.62. The van der Waals surface area contributed by atoms with Gasteiger partial charge in [0, 0.05) is 25.3 Å². The summed E-state index contributed by atoms with van der Waals surface area (Å²) in [6.07, 6.45) is 0.731. The zero-order valence-corrected chi connectivity index (χ0v) is 15.7. The molecule has 0 atom stereocenters. The smallest absolute Gasteiger partial charge is 0.232 e. The summed E-state index contributed by atoms with van der Waals surface area (Å²) in [6.45, 7) is 2.22. The van der Waals surface area contributed by atoms with Gasteiger partial charge < -0.3 is 19.2 Å². The second kappa shape index (κ2) is 9.85. The van der Waals surface area contributed by atoms with Gasteiger partial charge in [-0.05, 0) is 18.6 Å². The van der Waals surface area contributed by atoms with Crippen molar-refractivity contribution in [2.75, 3.05) is 38.8 Å². The number of oxazole rings is 1. The summed E-state index contributed by atoms with van der Waals surface area (Å²) in [5.41, 5.74) is 0.550. The van der Waals surface area contributed by atoms with Crippen LogP contribution in [0, 0.1) is 11.3 Å². The Hall–Kier alpha value is -1.49. The fraction of sp³-hybridized carbons (Fsp3) is 0.375. The molecule has 134 valence electrons. The highest BCUT2D eigenvalue weighted by Crippen LogP contribution is 2.37. The lowest BCUT2D eigenvalue weighted by Gasteiger charge is -2.05. The van der Waals surface area contributed by atoms with Gasteiger partial charge in [-0.2, -0.15) is 10.2 Å². The van der Waals surface area contributed by atoms with E-state index in [1.165, 1.54) is 6.07 Å². The van der Waals surface area contributed by atoms with Gasteiger partial charge in [0.2, 0.25) is 17.5 Å². The van der Waals surface area contributed by atoms with Gasteiger partial charge in [-0.1, -0.05) is 34.8 Å². The van der Waals surface area contributed by atoms with Crippen molar-refractivity contribution in [3.63, 3.8) is 0 Å². The van der Waals surface area contributed by atoms with Crippen LogP contribution >= 0.6 is 34.8 Å². The molecule has 2 rings (SSSR count). The number of methoxy groups -OCH3 is 1.